The number of aryl methyl sites for hydroxylation is 2. The molecule has 1 heterocycles. The summed E-state index contributed by atoms with van der Waals surface area (Å²) in [6.07, 6.45) is 4.81. The van der Waals surface area contributed by atoms with Gasteiger partial charge in [-0.3, -0.25) is 4.68 Å². The number of nitrogens with two attached hydrogens (primary N) is 1. The molecule has 0 bridgehead atoms. The number of hydrogen-bond donors (Lipinski definition) is 1. The average molecular weight is 193 g/mol. The van der Waals surface area contributed by atoms with Crippen molar-refractivity contribution in [2.24, 2.45) is 18.7 Å². The van der Waals surface area contributed by atoms with Crippen LogP contribution < -0.4 is 5.73 Å². The van der Waals surface area contributed by atoms with Crippen LogP contribution in [0.1, 0.15) is 30.7 Å². The van der Waals surface area contributed by atoms with Gasteiger partial charge in [-0.1, -0.05) is 0 Å². The molecule has 1 aliphatic rings. The van der Waals surface area contributed by atoms with Crippen LogP contribution in [-0.2, 0) is 13.5 Å². The van der Waals surface area contributed by atoms with E-state index in [1.807, 2.05) is 18.7 Å². The lowest BCUT2D eigenvalue weighted by Gasteiger charge is -2.08. The lowest BCUT2D eigenvalue weighted by molar-refractivity contribution is 0.512. The molecular formula is C11H19N3. The Balaban J connectivity index is 2.00. The highest BCUT2D eigenvalue weighted by Gasteiger charge is 2.22. The van der Waals surface area contributed by atoms with Gasteiger partial charge in [-0.2, -0.15) is 5.10 Å². The van der Waals surface area contributed by atoms with Gasteiger partial charge in [0.2, 0.25) is 0 Å². The Bertz CT molecular complexity index is 316. The molecule has 0 aromatic carbocycles. The summed E-state index contributed by atoms with van der Waals surface area (Å²) < 4.78 is 2.00. The zero-order chi connectivity index (χ0) is 10.1. The van der Waals surface area contributed by atoms with Gasteiger partial charge in [0.15, 0.2) is 0 Å². The van der Waals surface area contributed by atoms with Crippen LogP contribution in [0.15, 0.2) is 6.07 Å². The van der Waals surface area contributed by atoms with E-state index in [0.29, 0.717) is 6.04 Å². The number of aromatic nitrogens is 2. The Morgan fingerprint density at radius 3 is 2.86 bits per heavy atom. The van der Waals surface area contributed by atoms with Gasteiger partial charge in [0.05, 0.1) is 5.69 Å². The number of rotatable bonds is 2. The molecule has 3 heteroatoms. The van der Waals surface area contributed by atoms with Crippen molar-refractivity contribution < 1.29 is 0 Å². The Morgan fingerprint density at radius 1 is 1.57 bits per heavy atom. The standard InChI is InChI=1S/C11H19N3/c1-8-5-11(14(2)13-8)7-9-3-4-10(12)6-9/h5,9-10H,3-4,6-7,12H2,1-2H3. The van der Waals surface area contributed by atoms with Crippen LogP contribution >= 0.6 is 0 Å². The fourth-order valence-electron chi connectivity index (χ4n) is 2.45. The summed E-state index contributed by atoms with van der Waals surface area (Å²) in [6, 6.07) is 2.62. The zero-order valence-corrected chi connectivity index (χ0v) is 9.03. The van der Waals surface area contributed by atoms with E-state index >= 15 is 0 Å². The molecule has 0 spiro atoms. The van der Waals surface area contributed by atoms with Gasteiger partial charge in [-0.15, -0.1) is 0 Å². The molecule has 1 saturated carbocycles. The van der Waals surface area contributed by atoms with Crippen molar-refractivity contribution >= 4 is 0 Å². The topological polar surface area (TPSA) is 43.8 Å². The summed E-state index contributed by atoms with van der Waals surface area (Å²) in [5, 5.41) is 4.36. The quantitative estimate of drug-likeness (QED) is 0.771. The van der Waals surface area contributed by atoms with E-state index in [-0.39, 0.29) is 0 Å². The molecule has 14 heavy (non-hydrogen) atoms. The third kappa shape index (κ3) is 1.98. The van der Waals surface area contributed by atoms with Crippen LogP contribution in [0.2, 0.25) is 0 Å². The van der Waals surface area contributed by atoms with E-state index in [1.165, 1.54) is 25.0 Å². The summed E-state index contributed by atoms with van der Waals surface area (Å²) in [6.45, 7) is 2.05. The van der Waals surface area contributed by atoms with E-state index < -0.39 is 0 Å². The minimum atomic E-state index is 0.439. The summed E-state index contributed by atoms with van der Waals surface area (Å²) in [4.78, 5) is 0. The predicted molar refractivity (Wildman–Crippen MR) is 57.0 cm³/mol. The van der Waals surface area contributed by atoms with Crippen LogP contribution in [0.5, 0.6) is 0 Å². The van der Waals surface area contributed by atoms with Crippen molar-refractivity contribution in [2.75, 3.05) is 0 Å². The second-order valence-corrected chi connectivity index (χ2v) is 4.54. The van der Waals surface area contributed by atoms with E-state index in [0.717, 1.165) is 18.0 Å². The minimum absolute atomic E-state index is 0.439. The maximum Gasteiger partial charge on any atom is 0.0596 e. The van der Waals surface area contributed by atoms with Crippen LogP contribution in [0.3, 0.4) is 0 Å². The van der Waals surface area contributed by atoms with Gasteiger partial charge in [0.1, 0.15) is 0 Å². The summed E-state index contributed by atoms with van der Waals surface area (Å²) in [7, 11) is 2.03. The first kappa shape index (κ1) is 9.71. The second kappa shape index (κ2) is 3.73. The van der Waals surface area contributed by atoms with E-state index in [1.54, 1.807) is 0 Å². The SMILES string of the molecule is Cc1cc(CC2CCC(N)C2)n(C)n1. The molecular weight excluding hydrogens is 174 g/mol. The van der Waals surface area contributed by atoms with Gasteiger partial charge >= 0.3 is 0 Å². The van der Waals surface area contributed by atoms with Gasteiger partial charge < -0.3 is 5.73 Å². The largest absolute Gasteiger partial charge is 0.328 e. The number of hydrogen-bond acceptors (Lipinski definition) is 2. The van der Waals surface area contributed by atoms with E-state index in [4.69, 9.17) is 5.73 Å². The van der Waals surface area contributed by atoms with Crippen molar-refractivity contribution in [2.45, 2.75) is 38.6 Å². The normalized spacial score (nSPS) is 27.1. The Morgan fingerprint density at radius 2 is 2.36 bits per heavy atom. The highest BCUT2D eigenvalue weighted by Crippen LogP contribution is 2.27. The molecule has 2 N–H and O–H groups in total. The lowest BCUT2D eigenvalue weighted by atomic mass is 10.0. The average Bonchev–Trinajstić information content (AvgIpc) is 2.61. The summed E-state index contributed by atoms with van der Waals surface area (Å²) in [5.74, 6) is 0.778. The molecule has 1 aromatic heterocycles. The van der Waals surface area contributed by atoms with Gasteiger partial charge in [0.25, 0.3) is 0 Å². The Kier molecular flexibility index (Phi) is 2.59. The molecule has 0 aliphatic heterocycles. The van der Waals surface area contributed by atoms with Crippen LogP contribution in [0.4, 0.5) is 0 Å². The molecule has 0 amide bonds. The molecule has 2 rings (SSSR count). The van der Waals surface area contributed by atoms with Crippen LogP contribution in [-0.4, -0.2) is 15.8 Å². The first-order chi connectivity index (χ1) is 6.65. The van der Waals surface area contributed by atoms with E-state index in [2.05, 4.69) is 11.2 Å². The maximum absolute atomic E-state index is 5.90. The lowest BCUT2D eigenvalue weighted by Crippen LogP contribution is -2.15. The molecule has 0 saturated heterocycles. The maximum atomic E-state index is 5.90. The monoisotopic (exact) mass is 193 g/mol. The Hall–Kier alpha value is -0.830. The van der Waals surface area contributed by atoms with Crippen molar-refractivity contribution in [3.05, 3.63) is 17.5 Å². The molecule has 1 aliphatic carbocycles. The smallest absolute Gasteiger partial charge is 0.0596 e. The minimum Gasteiger partial charge on any atom is -0.328 e. The molecule has 78 valence electrons. The fraction of sp³-hybridized carbons (Fsp3) is 0.727. The second-order valence-electron chi connectivity index (χ2n) is 4.54. The first-order valence-corrected chi connectivity index (χ1v) is 5.40. The molecule has 1 fully saturated rings. The number of nitrogens with zero attached hydrogens (tertiary/aromatic N) is 2. The van der Waals surface area contributed by atoms with Crippen LogP contribution in [0, 0.1) is 12.8 Å². The molecule has 2 atom stereocenters. The van der Waals surface area contributed by atoms with Crippen molar-refractivity contribution in [3.8, 4) is 0 Å². The highest BCUT2D eigenvalue weighted by molar-refractivity contribution is 5.09. The molecule has 2 unspecified atom stereocenters. The summed E-state index contributed by atoms with van der Waals surface area (Å²) in [5.41, 5.74) is 8.36. The van der Waals surface area contributed by atoms with Crippen LogP contribution in [0.25, 0.3) is 0 Å². The molecule has 0 radical (unpaired) electrons. The summed E-state index contributed by atoms with van der Waals surface area (Å²) >= 11 is 0. The van der Waals surface area contributed by atoms with Gasteiger partial charge in [-0.05, 0) is 44.6 Å². The van der Waals surface area contributed by atoms with Crippen molar-refractivity contribution in [1.29, 1.82) is 0 Å². The highest BCUT2D eigenvalue weighted by atomic mass is 15.3. The van der Waals surface area contributed by atoms with Crippen molar-refractivity contribution in [3.63, 3.8) is 0 Å². The third-order valence-electron chi connectivity index (χ3n) is 3.18. The van der Waals surface area contributed by atoms with Gasteiger partial charge in [0, 0.05) is 18.8 Å². The van der Waals surface area contributed by atoms with Gasteiger partial charge in [-0.25, -0.2) is 0 Å². The zero-order valence-electron chi connectivity index (χ0n) is 9.03. The van der Waals surface area contributed by atoms with E-state index in [9.17, 15) is 0 Å². The molecule has 3 nitrogen and oxygen atoms in total. The Labute approximate surface area is 85.3 Å². The predicted octanol–water partition coefficient (Wildman–Crippen LogP) is 1.40. The fourth-order valence-corrected chi connectivity index (χ4v) is 2.45. The third-order valence-corrected chi connectivity index (χ3v) is 3.18. The first-order valence-electron chi connectivity index (χ1n) is 5.40. The molecule has 1 aromatic rings. The van der Waals surface area contributed by atoms with Crippen molar-refractivity contribution in [1.82, 2.24) is 9.78 Å².